The molecule has 0 radical (unpaired) electrons. The highest BCUT2D eigenvalue weighted by Gasteiger charge is 2.18. The van der Waals surface area contributed by atoms with E-state index in [9.17, 15) is 17.0 Å². The van der Waals surface area contributed by atoms with E-state index < -0.39 is 31.7 Å². The summed E-state index contributed by atoms with van der Waals surface area (Å²) in [7, 11) is -4.84. The van der Waals surface area contributed by atoms with Gasteiger partial charge in [-0.15, -0.1) is 0 Å². The van der Waals surface area contributed by atoms with Crippen LogP contribution in [0.15, 0.2) is 29.2 Å². The van der Waals surface area contributed by atoms with E-state index in [0.29, 0.717) is 0 Å². The lowest BCUT2D eigenvalue weighted by atomic mass is 10.3. The Morgan fingerprint density at radius 1 is 1.29 bits per heavy atom. The van der Waals surface area contributed by atoms with Crippen LogP contribution in [0.2, 0.25) is 0 Å². The van der Waals surface area contributed by atoms with Crippen LogP contribution in [0.4, 0.5) is 4.39 Å². The summed E-state index contributed by atoms with van der Waals surface area (Å²) < 4.78 is 48.1. The lowest BCUT2D eigenvalue weighted by Crippen LogP contribution is -2.21. The van der Waals surface area contributed by atoms with E-state index in [1.165, 1.54) is 18.2 Å². The highest BCUT2D eigenvalue weighted by Crippen LogP contribution is 2.12. The largest absolute Gasteiger partial charge is 0.254 e. The Balaban J connectivity index is 2.73. The van der Waals surface area contributed by atoms with Crippen molar-refractivity contribution >= 4 is 20.6 Å². The van der Waals surface area contributed by atoms with E-state index in [2.05, 4.69) is 0 Å². The number of hydrogen-bond donors (Lipinski definition) is 0. The van der Waals surface area contributed by atoms with Crippen LogP contribution in [0.3, 0.4) is 0 Å². The molecule has 6 heteroatoms. The number of benzene rings is 1. The van der Waals surface area contributed by atoms with Gasteiger partial charge in [-0.05, 0) is 26.0 Å². The van der Waals surface area contributed by atoms with Crippen molar-refractivity contribution in [2.24, 2.45) is 0 Å². The molecule has 0 saturated heterocycles. The zero-order valence-electron chi connectivity index (χ0n) is 9.72. The average molecular weight is 278 g/mol. The quantitative estimate of drug-likeness (QED) is 0.824. The monoisotopic (exact) mass is 278 g/mol. The van der Waals surface area contributed by atoms with Crippen molar-refractivity contribution in [1.29, 1.82) is 0 Å². The van der Waals surface area contributed by atoms with Gasteiger partial charge in [-0.2, -0.15) is 0 Å². The number of sulfone groups is 1. The molecule has 0 amide bonds. The smallest absolute Gasteiger partial charge is 0.153 e. The molecule has 0 spiro atoms. The molecular formula is C11H15FO3S2. The third kappa shape index (κ3) is 3.89. The van der Waals surface area contributed by atoms with Gasteiger partial charge in [-0.25, -0.2) is 12.8 Å². The zero-order chi connectivity index (χ0) is 13.1. The summed E-state index contributed by atoms with van der Waals surface area (Å²) >= 11 is 0. The van der Waals surface area contributed by atoms with E-state index in [1.807, 2.05) is 0 Å². The lowest BCUT2D eigenvalue weighted by Gasteiger charge is -2.07. The van der Waals surface area contributed by atoms with Crippen molar-refractivity contribution in [3.8, 4) is 0 Å². The fourth-order valence-electron chi connectivity index (χ4n) is 1.17. The standard InChI is InChI=1S/C11H15FO3S2/c1-9(2)17(14,15)8-7-16(13)11-6-4-3-5-10(11)12/h3-6,9H,7-8H2,1-2H3. The van der Waals surface area contributed by atoms with Gasteiger partial charge in [0, 0.05) is 5.75 Å². The first-order valence-corrected chi connectivity index (χ1v) is 8.22. The van der Waals surface area contributed by atoms with Crippen LogP contribution in [0.1, 0.15) is 13.8 Å². The summed E-state index contributed by atoms with van der Waals surface area (Å²) in [5.41, 5.74) is 0. The third-order valence-corrected chi connectivity index (χ3v) is 6.22. The van der Waals surface area contributed by atoms with Crippen LogP contribution in [0.5, 0.6) is 0 Å². The molecule has 3 nitrogen and oxygen atoms in total. The molecule has 1 aromatic carbocycles. The molecule has 1 atom stereocenters. The van der Waals surface area contributed by atoms with Crippen molar-refractivity contribution in [1.82, 2.24) is 0 Å². The fraction of sp³-hybridized carbons (Fsp3) is 0.455. The predicted molar refractivity (Wildman–Crippen MR) is 66.6 cm³/mol. The molecule has 1 rings (SSSR count). The highest BCUT2D eigenvalue weighted by molar-refractivity contribution is 7.93. The van der Waals surface area contributed by atoms with E-state index in [-0.39, 0.29) is 16.4 Å². The van der Waals surface area contributed by atoms with E-state index in [1.54, 1.807) is 19.9 Å². The van der Waals surface area contributed by atoms with Gasteiger partial charge in [0.2, 0.25) is 0 Å². The minimum absolute atomic E-state index is 0.0615. The summed E-state index contributed by atoms with van der Waals surface area (Å²) in [6.07, 6.45) is 0. The van der Waals surface area contributed by atoms with Crippen molar-refractivity contribution in [3.63, 3.8) is 0 Å². The number of hydrogen-bond acceptors (Lipinski definition) is 3. The Bertz CT molecular complexity index is 509. The van der Waals surface area contributed by atoms with Crippen LogP contribution in [0.25, 0.3) is 0 Å². The van der Waals surface area contributed by atoms with Gasteiger partial charge in [0.25, 0.3) is 0 Å². The molecule has 0 aliphatic carbocycles. The van der Waals surface area contributed by atoms with Crippen LogP contribution >= 0.6 is 0 Å². The molecule has 0 aliphatic heterocycles. The minimum Gasteiger partial charge on any atom is -0.254 e. The Morgan fingerprint density at radius 2 is 1.88 bits per heavy atom. The van der Waals surface area contributed by atoms with E-state index in [0.717, 1.165) is 0 Å². The molecule has 0 aliphatic rings. The van der Waals surface area contributed by atoms with Crippen molar-refractivity contribution in [2.75, 3.05) is 11.5 Å². The van der Waals surface area contributed by atoms with Crippen LogP contribution in [-0.2, 0) is 20.6 Å². The Kier molecular flexibility index (Phi) is 4.82. The van der Waals surface area contributed by atoms with E-state index in [4.69, 9.17) is 0 Å². The summed E-state index contributed by atoms with van der Waals surface area (Å²) in [6, 6.07) is 5.70. The van der Waals surface area contributed by atoms with Crippen molar-refractivity contribution in [3.05, 3.63) is 30.1 Å². The predicted octanol–water partition coefficient (Wildman–Crippen LogP) is 1.76. The molecule has 0 saturated carbocycles. The maximum atomic E-state index is 13.3. The number of rotatable bonds is 5. The van der Waals surface area contributed by atoms with Gasteiger partial charge in [-0.1, -0.05) is 12.1 Å². The summed E-state index contributed by atoms with van der Waals surface area (Å²) in [6.45, 7) is 3.14. The van der Waals surface area contributed by atoms with Crippen LogP contribution < -0.4 is 0 Å². The fourth-order valence-corrected chi connectivity index (χ4v) is 3.91. The molecule has 0 aromatic heterocycles. The molecule has 96 valence electrons. The second-order valence-electron chi connectivity index (χ2n) is 3.90. The summed E-state index contributed by atoms with van der Waals surface area (Å²) in [5.74, 6) is -0.819. The van der Waals surface area contributed by atoms with Gasteiger partial charge in [0.05, 0.1) is 26.7 Å². The molecule has 1 unspecified atom stereocenters. The molecule has 0 N–H and O–H groups in total. The number of halogens is 1. The first-order chi connectivity index (χ1) is 7.84. The van der Waals surface area contributed by atoms with Gasteiger partial charge >= 0.3 is 0 Å². The van der Waals surface area contributed by atoms with E-state index >= 15 is 0 Å². The lowest BCUT2D eigenvalue weighted by molar-refractivity contribution is 0.586. The first kappa shape index (κ1) is 14.3. The minimum atomic E-state index is -3.23. The maximum absolute atomic E-state index is 13.3. The summed E-state index contributed by atoms with van der Waals surface area (Å²) in [4.78, 5) is 0.0615. The van der Waals surface area contributed by atoms with Gasteiger partial charge in [-0.3, -0.25) is 4.21 Å². The SMILES string of the molecule is CC(C)S(=O)(=O)CCS(=O)c1ccccc1F. The normalized spacial score (nSPS) is 13.9. The average Bonchev–Trinajstić information content (AvgIpc) is 2.26. The first-order valence-electron chi connectivity index (χ1n) is 5.19. The van der Waals surface area contributed by atoms with Crippen molar-refractivity contribution in [2.45, 2.75) is 24.0 Å². The Morgan fingerprint density at radius 3 is 2.41 bits per heavy atom. The van der Waals surface area contributed by atoms with Crippen LogP contribution in [0, 0.1) is 5.82 Å². The second kappa shape index (κ2) is 5.73. The molecule has 0 fully saturated rings. The Labute approximate surface area is 103 Å². The van der Waals surface area contributed by atoms with Gasteiger partial charge in [0.1, 0.15) is 5.82 Å². The van der Waals surface area contributed by atoms with Crippen molar-refractivity contribution < 1.29 is 17.0 Å². The topological polar surface area (TPSA) is 51.2 Å². The second-order valence-corrected chi connectivity index (χ2v) is 8.11. The van der Waals surface area contributed by atoms with Gasteiger partial charge < -0.3 is 0 Å². The molecule has 1 aromatic rings. The maximum Gasteiger partial charge on any atom is 0.153 e. The van der Waals surface area contributed by atoms with Crippen LogP contribution in [-0.4, -0.2) is 29.4 Å². The Hall–Kier alpha value is -0.750. The molecule has 0 bridgehead atoms. The third-order valence-electron chi connectivity index (χ3n) is 2.35. The summed E-state index contributed by atoms with van der Waals surface area (Å²) in [5, 5.41) is -0.500. The molecule has 0 heterocycles. The highest BCUT2D eigenvalue weighted by atomic mass is 32.2. The molecule has 17 heavy (non-hydrogen) atoms. The van der Waals surface area contributed by atoms with Gasteiger partial charge in [0.15, 0.2) is 9.84 Å². The molecular weight excluding hydrogens is 263 g/mol. The zero-order valence-corrected chi connectivity index (χ0v) is 11.4.